The average Bonchev–Trinajstić information content (AvgIpc) is 2.67. The van der Waals surface area contributed by atoms with Gasteiger partial charge >= 0.3 is 5.97 Å². The third-order valence-corrected chi connectivity index (χ3v) is 2.58. The van der Waals surface area contributed by atoms with Gasteiger partial charge in [0.2, 0.25) is 0 Å². The molecule has 0 bridgehead atoms. The van der Waals surface area contributed by atoms with Crippen molar-refractivity contribution in [2.24, 2.45) is 0 Å². The Hall–Kier alpha value is -1.32. The largest absolute Gasteiger partial charge is 0.462 e. The minimum Gasteiger partial charge on any atom is -0.462 e. The molecule has 0 aliphatic carbocycles. The van der Waals surface area contributed by atoms with E-state index >= 15 is 0 Å². The van der Waals surface area contributed by atoms with Gasteiger partial charge in [-0.15, -0.1) is 0 Å². The van der Waals surface area contributed by atoms with Crippen molar-refractivity contribution in [3.8, 4) is 0 Å². The second-order valence-corrected chi connectivity index (χ2v) is 4.06. The van der Waals surface area contributed by atoms with Crippen LogP contribution in [0.15, 0.2) is 12.4 Å². The summed E-state index contributed by atoms with van der Waals surface area (Å²) < 4.78 is 6.70. The van der Waals surface area contributed by atoms with Gasteiger partial charge in [-0.2, -0.15) is 5.10 Å². The van der Waals surface area contributed by atoms with Crippen LogP contribution >= 0.6 is 0 Å². The third kappa shape index (κ3) is 2.58. The van der Waals surface area contributed by atoms with Gasteiger partial charge in [-0.25, -0.2) is 4.79 Å². The normalized spacial score (nSPS) is 11.5. The molecule has 4 nitrogen and oxygen atoms in total. The standard InChI is InChI=1S/C11H18N2O2/c1-5-11(3,4)13-8-9(7-12-13)10(14)15-6-2/h7-8H,5-6H2,1-4H3. The molecule has 0 aromatic carbocycles. The highest BCUT2D eigenvalue weighted by molar-refractivity contribution is 5.88. The Labute approximate surface area is 90.2 Å². The molecule has 4 heteroatoms. The van der Waals surface area contributed by atoms with E-state index in [-0.39, 0.29) is 11.5 Å². The van der Waals surface area contributed by atoms with Crippen LogP contribution < -0.4 is 0 Å². The molecule has 0 unspecified atom stereocenters. The molecule has 0 spiro atoms. The van der Waals surface area contributed by atoms with Crippen LogP contribution in [0.5, 0.6) is 0 Å². The fourth-order valence-corrected chi connectivity index (χ4v) is 1.14. The molecule has 0 amide bonds. The van der Waals surface area contributed by atoms with Gasteiger partial charge in [-0.3, -0.25) is 4.68 Å². The number of aromatic nitrogens is 2. The molecular weight excluding hydrogens is 192 g/mol. The fraction of sp³-hybridized carbons (Fsp3) is 0.636. The number of carbonyl (C=O) groups is 1. The minimum atomic E-state index is -0.310. The van der Waals surface area contributed by atoms with Gasteiger partial charge in [0.1, 0.15) is 0 Å². The van der Waals surface area contributed by atoms with Crippen LogP contribution in [-0.4, -0.2) is 22.4 Å². The van der Waals surface area contributed by atoms with E-state index in [0.29, 0.717) is 12.2 Å². The zero-order valence-corrected chi connectivity index (χ0v) is 9.78. The predicted molar refractivity (Wildman–Crippen MR) is 57.8 cm³/mol. The van der Waals surface area contributed by atoms with Gasteiger partial charge in [0, 0.05) is 6.20 Å². The molecule has 1 rings (SSSR count). The number of hydrogen-bond donors (Lipinski definition) is 0. The Balaban J connectivity index is 2.85. The highest BCUT2D eigenvalue weighted by Gasteiger charge is 2.20. The topological polar surface area (TPSA) is 44.1 Å². The molecule has 0 aliphatic heterocycles. The molecule has 15 heavy (non-hydrogen) atoms. The molecular formula is C11H18N2O2. The summed E-state index contributed by atoms with van der Waals surface area (Å²) in [5.74, 6) is -0.310. The van der Waals surface area contributed by atoms with E-state index < -0.39 is 0 Å². The van der Waals surface area contributed by atoms with Gasteiger partial charge in [-0.1, -0.05) is 6.92 Å². The van der Waals surface area contributed by atoms with Crippen molar-refractivity contribution in [2.75, 3.05) is 6.61 Å². The van der Waals surface area contributed by atoms with Crippen molar-refractivity contribution < 1.29 is 9.53 Å². The highest BCUT2D eigenvalue weighted by Crippen LogP contribution is 2.18. The molecule has 0 atom stereocenters. The molecule has 84 valence electrons. The van der Waals surface area contributed by atoms with Crippen molar-refractivity contribution in [1.29, 1.82) is 0 Å². The Bertz CT molecular complexity index is 342. The molecule has 1 aromatic rings. The SMILES string of the molecule is CCOC(=O)c1cnn(C(C)(C)CC)c1. The summed E-state index contributed by atoms with van der Waals surface area (Å²) in [4.78, 5) is 11.4. The summed E-state index contributed by atoms with van der Waals surface area (Å²) in [7, 11) is 0. The number of carbonyl (C=O) groups excluding carboxylic acids is 1. The van der Waals surface area contributed by atoms with Crippen LogP contribution in [0.4, 0.5) is 0 Å². The molecule has 0 fully saturated rings. The maximum atomic E-state index is 11.4. The molecule has 0 saturated heterocycles. The van der Waals surface area contributed by atoms with Crippen molar-refractivity contribution in [1.82, 2.24) is 9.78 Å². The maximum Gasteiger partial charge on any atom is 0.341 e. The number of esters is 1. The Morgan fingerprint density at radius 2 is 2.20 bits per heavy atom. The lowest BCUT2D eigenvalue weighted by atomic mass is 10.0. The Morgan fingerprint density at radius 1 is 1.53 bits per heavy atom. The Kier molecular flexibility index (Phi) is 3.50. The van der Waals surface area contributed by atoms with Crippen LogP contribution in [0.3, 0.4) is 0 Å². The van der Waals surface area contributed by atoms with Crippen LogP contribution in [-0.2, 0) is 10.3 Å². The zero-order valence-electron chi connectivity index (χ0n) is 9.78. The first-order valence-electron chi connectivity index (χ1n) is 5.23. The zero-order chi connectivity index (χ0) is 11.5. The lowest BCUT2D eigenvalue weighted by Crippen LogP contribution is -2.25. The molecule has 0 aliphatic rings. The van der Waals surface area contributed by atoms with Crippen molar-refractivity contribution >= 4 is 5.97 Å². The van der Waals surface area contributed by atoms with Crippen LogP contribution in [0.1, 0.15) is 44.5 Å². The predicted octanol–water partition coefficient (Wildman–Crippen LogP) is 2.20. The second-order valence-electron chi connectivity index (χ2n) is 4.06. The Morgan fingerprint density at radius 3 is 2.73 bits per heavy atom. The quantitative estimate of drug-likeness (QED) is 0.716. The summed E-state index contributed by atoms with van der Waals surface area (Å²) in [5.41, 5.74) is 0.448. The molecule has 0 saturated carbocycles. The van der Waals surface area contributed by atoms with Crippen LogP contribution in [0.25, 0.3) is 0 Å². The van der Waals surface area contributed by atoms with Gasteiger partial charge in [0.05, 0.1) is 23.9 Å². The molecule has 1 heterocycles. The van der Waals surface area contributed by atoms with E-state index in [1.165, 1.54) is 0 Å². The number of rotatable bonds is 4. The smallest absolute Gasteiger partial charge is 0.341 e. The van der Waals surface area contributed by atoms with Gasteiger partial charge in [0.15, 0.2) is 0 Å². The van der Waals surface area contributed by atoms with E-state index in [1.54, 1.807) is 24.0 Å². The average molecular weight is 210 g/mol. The first-order valence-corrected chi connectivity index (χ1v) is 5.23. The lowest BCUT2D eigenvalue weighted by Gasteiger charge is -2.23. The molecule has 0 radical (unpaired) electrons. The number of hydrogen-bond acceptors (Lipinski definition) is 3. The first-order chi connectivity index (χ1) is 7.01. The van der Waals surface area contributed by atoms with Crippen molar-refractivity contribution in [3.05, 3.63) is 18.0 Å². The summed E-state index contributed by atoms with van der Waals surface area (Å²) in [6.45, 7) is 8.43. The minimum absolute atomic E-state index is 0.0647. The van der Waals surface area contributed by atoms with E-state index in [9.17, 15) is 4.79 Å². The monoisotopic (exact) mass is 210 g/mol. The fourth-order valence-electron chi connectivity index (χ4n) is 1.14. The van der Waals surface area contributed by atoms with Crippen LogP contribution in [0, 0.1) is 0 Å². The van der Waals surface area contributed by atoms with Crippen molar-refractivity contribution in [2.45, 2.75) is 39.7 Å². The van der Waals surface area contributed by atoms with Gasteiger partial charge < -0.3 is 4.74 Å². The van der Waals surface area contributed by atoms with Gasteiger partial charge in [-0.05, 0) is 27.2 Å². The van der Waals surface area contributed by atoms with E-state index in [0.717, 1.165) is 6.42 Å². The number of ether oxygens (including phenoxy) is 1. The van der Waals surface area contributed by atoms with E-state index in [2.05, 4.69) is 25.9 Å². The summed E-state index contributed by atoms with van der Waals surface area (Å²) in [6, 6.07) is 0. The summed E-state index contributed by atoms with van der Waals surface area (Å²) in [6.07, 6.45) is 4.24. The van der Waals surface area contributed by atoms with E-state index in [4.69, 9.17) is 4.74 Å². The van der Waals surface area contributed by atoms with Gasteiger partial charge in [0.25, 0.3) is 0 Å². The molecule has 0 N–H and O–H groups in total. The number of nitrogens with zero attached hydrogens (tertiary/aromatic N) is 2. The molecule has 1 aromatic heterocycles. The first kappa shape index (κ1) is 11.8. The maximum absolute atomic E-state index is 11.4. The van der Waals surface area contributed by atoms with Crippen LogP contribution in [0.2, 0.25) is 0 Å². The summed E-state index contributed by atoms with van der Waals surface area (Å²) in [5, 5.41) is 4.18. The second kappa shape index (κ2) is 4.47. The van der Waals surface area contributed by atoms with E-state index in [1.807, 2.05) is 0 Å². The highest BCUT2D eigenvalue weighted by atomic mass is 16.5. The van der Waals surface area contributed by atoms with Crippen molar-refractivity contribution in [3.63, 3.8) is 0 Å². The lowest BCUT2D eigenvalue weighted by molar-refractivity contribution is 0.0526. The summed E-state index contributed by atoms with van der Waals surface area (Å²) >= 11 is 0. The third-order valence-electron chi connectivity index (χ3n) is 2.58.